The number of aromatic nitrogens is 6. The number of halogens is 5. The summed E-state index contributed by atoms with van der Waals surface area (Å²) >= 11 is 17.6. The monoisotopic (exact) mass is 965 g/mol. The van der Waals surface area contributed by atoms with Crippen LogP contribution in [-0.4, -0.2) is 87.7 Å². The van der Waals surface area contributed by atoms with Gasteiger partial charge >= 0.3 is 0 Å². The predicted molar refractivity (Wildman–Crippen MR) is 251 cm³/mol. The SMILES string of the molecule is C.C.[C-]#[N+]c1cn(CC(=O)N(CC(=O)NCc2cccc(Cl)c2F)C(C)C)c2ncnc(Cl)c12.[C-]#[N+]c1cn(CC(=O)N(CC(=O)NCc2cccc(Cl)c2F)C(C)C)c2ncnc(N)c12. The average Bonchev–Trinajstić information content (AvgIpc) is 3.81. The summed E-state index contributed by atoms with van der Waals surface area (Å²) in [4.78, 5) is 76.5. The lowest BCUT2D eigenvalue weighted by molar-refractivity contribution is -0.138. The highest BCUT2D eigenvalue weighted by Crippen LogP contribution is 2.32. The van der Waals surface area contributed by atoms with Crippen LogP contribution in [0.15, 0.2) is 61.4 Å². The van der Waals surface area contributed by atoms with Crippen molar-refractivity contribution in [3.63, 3.8) is 0 Å². The maximum atomic E-state index is 14.0. The molecule has 0 aliphatic heterocycles. The van der Waals surface area contributed by atoms with Gasteiger partial charge in [-0.25, -0.2) is 38.4 Å². The zero-order valence-electron chi connectivity index (χ0n) is 34.7. The summed E-state index contributed by atoms with van der Waals surface area (Å²) in [6.07, 6.45) is 5.48. The van der Waals surface area contributed by atoms with Gasteiger partial charge in [-0.3, -0.25) is 19.2 Å². The van der Waals surface area contributed by atoms with Gasteiger partial charge < -0.3 is 35.3 Å². The third-order valence-corrected chi connectivity index (χ3v) is 10.5. The van der Waals surface area contributed by atoms with Crippen LogP contribution in [0.5, 0.6) is 0 Å². The number of nitrogens with zero attached hydrogens (tertiary/aromatic N) is 10. The molecule has 0 radical (unpaired) electrons. The van der Waals surface area contributed by atoms with E-state index in [9.17, 15) is 28.0 Å². The van der Waals surface area contributed by atoms with Gasteiger partial charge in [0, 0.05) is 48.7 Å². The van der Waals surface area contributed by atoms with Crippen LogP contribution in [0.25, 0.3) is 31.8 Å². The molecule has 0 bridgehead atoms. The zero-order chi connectivity index (χ0) is 46.8. The molecule has 4 heterocycles. The number of hydrogen-bond acceptors (Lipinski definition) is 9. The number of rotatable bonds is 14. The minimum absolute atomic E-state index is 0. The van der Waals surface area contributed by atoms with E-state index in [0.717, 1.165) is 0 Å². The van der Waals surface area contributed by atoms with Crippen molar-refractivity contribution in [1.29, 1.82) is 0 Å². The van der Waals surface area contributed by atoms with Crippen molar-refractivity contribution in [3.05, 3.63) is 122 Å². The van der Waals surface area contributed by atoms with Crippen molar-refractivity contribution >= 4 is 97.7 Å². The molecule has 0 spiro atoms. The van der Waals surface area contributed by atoms with Crippen molar-refractivity contribution in [2.45, 2.75) is 80.8 Å². The fraction of sp³-hybridized carbons (Fsp3) is 0.318. The highest BCUT2D eigenvalue weighted by atomic mass is 35.5. The smallest absolute Gasteiger partial charge is 0.243 e. The Balaban J connectivity index is 0.000000340. The molecule has 0 saturated heterocycles. The number of carbonyl (C=O) groups is 4. The van der Waals surface area contributed by atoms with Crippen LogP contribution in [0.2, 0.25) is 15.2 Å². The third-order valence-electron chi connectivity index (χ3n) is 9.63. The van der Waals surface area contributed by atoms with Gasteiger partial charge in [0.05, 0.1) is 47.1 Å². The molecular weight excluding hydrogens is 919 g/mol. The number of nitrogens with one attached hydrogen (secondary N) is 2. The van der Waals surface area contributed by atoms with Gasteiger partial charge in [0.2, 0.25) is 35.0 Å². The molecule has 0 saturated carbocycles. The van der Waals surface area contributed by atoms with E-state index in [1.807, 2.05) is 0 Å². The van der Waals surface area contributed by atoms with E-state index in [1.165, 1.54) is 68.2 Å². The van der Waals surface area contributed by atoms with Gasteiger partial charge in [-0.05, 0) is 39.8 Å². The fourth-order valence-corrected chi connectivity index (χ4v) is 6.99. The van der Waals surface area contributed by atoms with E-state index in [-0.39, 0.29) is 122 Å². The van der Waals surface area contributed by atoms with E-state index in [1.54, 1.807) is 39.8 Å². The molecule has 4 N–H and O–H groups in total. The molecule has 0 atom stereocenters. The number of nitrogens with two attached hydrogens (primary N) is 1. The summed E-state index contributed by atoms with van der Waals surface area (Å²) in [6.45, 7) is 20.9. The van der Waals surface area contributed by atoms with Crippen molar-refractivity contribution in [1.82, 2.24) is 49.5 Å². The second-order valence-corrected chi connectivity index (χ2v) is 15.7. The first-order chi connectivity index (χ1) is 30.4. The second-order valence-electron chi connectivity index (χ2n) is 14.5. The Morgan fingerprint density at radius 1 is 0.697 bits per heavy atom. The van der Waals surface area contributed by atoms with Crippen LogP contribution < -0.4 is 16.4 Å². The van der Waals surface area contributed by atoms with E-state index < -0.39 is 23.4 Å². The summed E-state index contributed by atoms with van der Waals surface area (Å²) in [5.74, 6) is -2.64. The fourth-order valence-electron chi connectivity index (χ4n) is 6.37. The van der Waals surface area contributed by atoms with Crippen molar-refractivity contribution in [3.8, 4) is 0 Å². The van der Waals surface area contributed by atoms with Crippen LogP contribution in [-0.2, 0) is 45.4 Å². The van der Waals surface area contributed by atoms with E-state index in [2.05, 4.69) is 40.3 Å². The standard InChI is InChI=1S/C21H19Cl2FN6O2.C21H21ClFN7O2.2CH4/c1-12(2)30(9-16(31)26-7-13-5-4-6-14(22)19(13)24)17(32)10-29-8-15(25-3)18-20(23)27-11-28-21(18)29;1-12(2)30(9-16(31)26-7-13-5-4-6-14(22)19(13)23)17(32)10-29-8-15(25-3)18-20(24)27-11-28-21(18)29;;/h4-6,8,11-12H,7,9-10H2,1-2H3,(H,26,31);4-6,8,11-12H,7,9-10H2,1-2H3,(H,26,31)(H2,24,27,28);2*1H4. The Labute approximate surface area is 395 Å². The van der Waals surface area contributed by atoms with Crippen LogP contribution in [0.3, 0.4) is 0 Å². The van der Waals surface area contributed by atoms with Crippen LogP contribution >= 0.6 is 34.8 Å². The first-order valence-electron chi connectivity index (χ1n) is 19.3. The maximum Gasteiger partial charge on any atom is 0.243 e. The van der Waals surface area contributed by atoms with Gasteiger partial charge in [-0.2, -0.15) is 0 Å². The summed E-state index contributed by atoms with van der Waals surface area (Å²) < 4.78 is 31.0. The van der Waals surface area contributed by atoms with E-state index >= 15 is 0 Å². The predicted octanol–water partition coefficient (Wildman–Crippen LogP) is 8.16. The molecule has 6 aromatic rings. The average molecular weight is 967 g/mol. The largest absolute Gasteiger partial charge is 0.384 e. The molecule has 0 fully saturated rings. The Hall–Kier alpha value is -6.93. The normalized spacial score (nSPS) is 10.6. The number of carbonyl (C=O) groups excluding carboxylic acids is 4. The quantitative estimate of drug-likeness (QED) is 0.0713. The lowest BCUT2D eigenvalue weighted by atomic mass is 10.2. The number of nitrogen functional groups attached to an aromatic ring is 1. The Morgan fingerprint density at radius 2 is 1.11 bits per heavy atom. The molecule has 17 nitrogen and oxygen atoms in total. The van der Waals surface area contributed by atoms with Gasteiger partial charge in [0.25, 0.3) is 0 Å². The number of amides is 4. The van der Waals surface area contributed by atoms with E-state index in [4.69, 9.17) is 53.7 Å². The molecule has 2 aromatic carbocycles. The molecule has 0 unspecified atom stereocenters. The molecule has 6 rings (SSSR count). The van der Waals surface area contributed by atoms with Gasteiger partial charge in [0.1, 0.15) is 59.6 Å². The Morgan fingerprint density at radius 3 is 1.53 bits per heavy atom. The molecule has 4 aromatic heterocycles. The summed E-state index contributed by atoms with van der Waals surface area (Å²) in [5.41, 5.74) is 7.54. The summed E-state index contributed by atoms with van der Waals surface area (Å²) in [6, 6.07) is 8.50. The second kappa shape index (κ2) is 23.8. The lowest BCUT2D eigenvalue weighted by Gasteiger charge is -2.26. The molecule has 0 aliphatic rings. The first-order valence-corrected chi connectivity index (χ1v) is 20.4. The number of hydrogen-bond donors (Lipinski definition) is 3. The topological polar surface area (TPSA) is 195 Å². The Bertz CT molecular complexity index is 2630. The van der Waals surface area contributed by atoms with Gasteiger partial charge in [-0.1, -0.05) is 73.9 Å². The zero-order valence-corrected chi connectivity index (χ0v) is 37.0. The van der Waals surface area contributed by atoms with Gasteiger partial charge in [-0.15, -0.1) is 0 Å². The summed E-state index contributed by atoms with van der Waals surface area (Å²) in [7, 11) is 0. The van der Waals surface area contributed by atoms with Crippen molar-refractivity contribution < 1.29 is 28.0 Å². The molecule has 22 heteroatoms. The van der Waals surface area contributed by atoms with Crippen molar-refractivity contribution in [2.75, 3.05) is 18.8 Å². The minimum Gasteiger partial charge on any atom is -0.384 e. The first kappa shape index (κ1) is 53.4. The molecule has 0 aliphatic carbocycles. The van der Waals surface area contributed by atoms with Crippen LogP contribution in [0, 0.1) is 24.8 Å². The molecule has 348 valence electrons. The minimum atomic E-state index is -0.595. The van der Waals surface area contributed by atoms with Crippen LogP contribution in [0.1, 0.15) is 53.7 Å². The third kappa shape index (κ3) is 12.7. The highest BCUT2D eigenvalue weighted by molar-refractivity contribution is 6.35. The van der Waals surface area contributed by atoms with Gasteiger partial charge in [0.15, 0.2) is 0 Å². The number of anilines is 1. The van der Waals surface area contributed by atoms with E-state index in [0.29, 0.717) is 22.1 Å². The Kier molecular flexibility index (Phi) is 19.3. The molecular formula is C44H48Cl3F2N13O4. The summed E-state index contributed by atoms with van der Waals surface area (Å²) in [5, 5.41) is 6.03. The molecule has 66 heavy (non-hydrogen) atoms. The number of fused-ring (bicyclic) bond motifs is 2. The highest BCUT2D eigenvalue weighted by Gasteiger charge is 2.25. The van der Waals surface area contributed by atoms with Crippen LogP contribution in [0.4, 0.5) is 26.0 Å². The molecule has 4 amide bonds. The van der Waals surface area contributed by atoms with Crippen molar-refractivity contribution in [2.24, 2.45) is 0 Å². The lowest BCUT2D eigenvalue weighted by Crippen LogP contribution is -2.45. The number of benzene rings is 2. The maximum absolute atomic E-state index is 14.0.